The van der Waals surface area contributed by atoms with Gasteiger partial charge < -0.3 is 10.2 Å². The zero-order chi connectivity index (χ0) is 15.4. The molecule has 1 atom stereocenters. The second kappa shape index (κ2) is 6.75. The molecule has 2 aromatic rings. The molecule has 1 amide bonds. The number of carbonyl (C=O) groups is 1. The van der Waals surface area contributed by atoms with Gasteiger partial charge in [-0.1, -0.05) is 54.6 Å². The maximum Gasteiger partial charge on any atom is 0.224 e. The van der Waals surface area contributed by atoms with Crippen molar-refractivity contribution in [3.63, 3.8) is 0 Å². The van der Waals surface area contributed by atoms with Crippen LogP contribution in [0.3, 0.4) is 0 Å². The van der Waals surface area contributed by atoms with Crippen LogP contribution in [0.4, 0.5) is 0 Å². The Labute approximate surface area is 132 Å². The third kappa shape index (κ3) is 3.04. The van der Waals surface area contributed by atoms with Crippen LogP contribution in [0, 0.1) is 0 Å². The van der Waals surface area contributed by atoms with Crippen molar-refractivity contribution in [3.8, 4) is 0 Å². The third-order valence-electron chi connectivity index (χ3n) is 4.34. The zero-order valence-corrected chi connectivity index (χ0v) is 13.0. The standard InChI is InChI=1S/C19H22N2O/c1-20-12-11-19(22)21-13-16-9-5-6-10-17(16)18(14-21)15-7-3-2-4-8-15/h2-10,18,20H,11-14H2,1H3. The number of hydrogen-bond donors (Lipinski definition) is 1. The SMILES string of the molecule is CNCCC(=O)N1Cc2ccccc2C(c2ccccc2)C1. The summed E-state index contributed by atoms with van der Waals surface area (Å²) in [4.78, 5) is 14.4. The van der Waals surface area contributed by atoms with E-state index >= 15 is 0 Å². The summed E-state index contributed by atoms with van der Waals surface area (Å²) in [6, 6.07) is 19.0. The topological polar surface area (TPSA) is 32.3 Å². The lowest BCUT2D eigenvalue weighted by atomic mass is 9.84. The molecular weight excluding hydrogens is 272 g/mol. The van der Waals surface area contributed by atoms with Crippen LogP contribution in [-0.4, -0.2) is 30.9 Å². The first-order valence-electron chi connectivity index (χ1n) is 7.84. The first-order valence-corrected chi connectivity index (χ1v) is 7.84. The van der Waals surface area contributed by atoms with E-state index in [1.807, 2.05) is 18.0 Å². The Kier molecular flexibility index (Phi) is 4.54. The van der Waals surface area contributed by atoms with E-state index < -0.39 is 0 Å². The summed E-state index contributed by atoms with van der Waals surface area (Å²) in [7, 11) is 1.88. The van der Waals surface area contributed by atoms with E-state index in [-0.39, 0.29) is 11.8 Å². The highest BCUT2D eigenvalue weighted by Gasteiger charge is 2.28. The Hall–Kier alpha value is -2.13. The number of hydrogen-bond acceptors (Lipinski definition) is 2. The Morgan fingerprint density at radius 3 is 2.64 bits per heavy atom. The van der Waals surface area contributed by atoms with Crippen LogP contribution in [0.25, 0.3) is 0 Å². The molecule has 1 N–H and O–H groups in total. The molecule has 22 heavy (non-hydrogen) atoms. The predicted octanol–water partition coefficient (Wildman–Crippen LogP) is 2.77. The quantitative estimate of drug-likeness (QED) is 0.940. The third-order valence-corrected chi connectivity index (χ3v) is 4.34. The fourth-order valence-corrected chi connectivity index (χ4v) is 3.16. The second-order valence-corrected chi connectivity index (χ2v) is 5.79. The van der Waals surface area contributed by atoms with Crippen molar-refractivity contribution in [1.82, 2.24) is 10.2 Å². The lowest BCUT2D eigenvalue weighted by Gasteiger charge is -2.35. The summed E-state index contributed by atoms with van der Waals surface area (Å²) in [5.41, 5.74) is 3.90. The summed E-state index contributed by atoms with van der Waals surface area (Å²) in [6.07, 6.45) is 0.556. The first-order chi connectivity index (χ1) is 10.8. The molecule has 0 fully saturated rings. The molecule has 0 aromatic heterocycles. The van der Waals surface area contributed by atoms with E-state index in [1.54, 1.807) is 0 Å². The fourth-order valence-electron chi connectivity index (χ4n) is 3.16. The summed E-state index contributed by atoms with van der Waals surface area (Å²) in [5, 5.41) is 3.05. The average molecular weight is 294 g/mol. The van der Waals surface area contributed by atoms with Crippen LogP contribution in [0.5, 0.6) is 0 Å². The van der Waals surface area contributed by atoms with Crippen LogP contribution in [0.15, 0.2) is 54.6 Å². The van der Waals surface area contributed by atoms with E-state index in [9.17, 15) is 4.79 Å². The highest BCUT2D eigenvalue weighted by atomic mass is 16.2. The molecule has 1 unspecified atom stereocenters. The molecule has 3 nitrogen and oxygen atoms in total. The van der Waals surface area contributed by atoms with E-state index in [1.165, 1.54) is 16.7 Å². The van der Waals surface area contributed by atoms with Gasteiger partial charge in [-0.25, -0.2) is 0 Å². The van der Waals surface area contributed by atoms with Crippen LogP contribution in [0.2, 0.25) is 0 Å². The molecule has 1 aliphatic rings. The molecule has 0 bridgehead atoms. The van der Waals surface area contributed by atoms with Crippen molar-refractivity contribution >= 4 is 5.91 Å². The number of benzene rings is 2. The summed E-state index contributed by atoms with van der Waals surface area (Å²) in [5.74, 6) is 0.495. The molecule has 0 radical (unpaired) electrons. The Balaban J connectivity index is 1.90. The molecule has 3 rings (SSSR count). The number of fused-ring (bicyclic) bond motifs is 1. The summed E-state index contributed by atoms with van der Waals surface area (Å²) in [6.45, 7) is 2.22. The zero-order valence-electron chi connectivity index (χ0n) is 13.0. The lowest BCUT2D eigenvalue weighted by Crippen LogP contribution is -2.39. The number of rotatable bonds is 4. The lowest BCUT2D eigenvalue weighted by molar-refractivity contribution is -0.132. The van der Waals surface area contributed by atoms with Gasteiger partial charge in [-0.2, -0.15) is 0 Å². The molecule has 2 aromatic carbocycles. The molecule has 0 aliphatic carbocycles. The molecule has 1 heterocycles. The highest BCUT2D eigenvalue weighted by molar-refractivity contribution is 5.77. The van der Waals surface area contributed by atoms with Crippen molar-refractivity contribution in [2.24, 2.45) is 0 Å². The highest BCUT2D eigenvalue weighted by Crippen LogP contribution is 2.33. The van der Waals surface area contributed by atoms with Crippen LogP contribution >= 0.6 is 0 Å². The predicted molar refractivity (Wildman–Crippen MR) is 88.7 cm³/mol. The number of nitrogens with one attached hydrogen (secondary N) is 1. The van der Waals surface area contributed by atoms with Gasteiger partial charge in [-0.05, 0) is 23.7 Å². The van der Waals surface area contributed by atoms with E-state index in [0.29, 0.717) is 6.42 Å². The van der Waals surface area contributed by atoms with Gasteiger partial charge in [0.15, 0.2) is 0 Å². The Morgan fingerprint density at radius 1 is 1.14 bits per heavy atom. The maximum atomic E-state index is 12.4. The van der Waals surface area contributed by atoms with Crippen LogP contribution in [0.1, 0.15) is 29.0 Å². The van der Waals surface area contributed by atoms with Gasteiger partial charge in [0, 0.05) is 32.0 Å². The van der Waals surface area contributed by atoms with Gasteiger partial charge >= 0.3 is 0 Å². The van der Waals surface area contributed by atoms with Crippen molar-refractivity contribution in [2.45, 2.75) is 18.9 Å². The normalized spacial score (nSPS) is 17.1. The minimum Gasteiger partial charge on any atom is -0.337 e. The molecule has 0 spiro atoms. The Morgan fingerprint density at radius 2 is 1.86 bits per heavy atom. The Bertz CT molecular complexity index is 639. The molecule has 0 saturated carbocycles. The van der Waals surface area contributed by atoms with E-state index in [0.717, 1.165) is 19.6 Å². The maximum absolute atomic E-state index is 12.4. The average Bonchev–Trinajstić information content (AvgIpc) is 2.59. The number of nitrogens with zero attached hydrogens (tertiary/aromatic N) is 1. The molecular formula is C19H22N2O. The minimum atomic E-state index is 0.227. The molecule has 114 valence electrons. The van der Waals surface area contributed by atoms with Crippen LogP contribution < -0.4 is 5.32 Å². The fraction of sp³-hybridized carbons (Fsp3) is 0.316. The second-order valence-electron chi connectivity index (χ2n) is 5.79. The van der Waals surface area contributed by atoms with Crippen LogP contribution in [-0.2, 0) is 11.3 Å². The van der Waals surface area contributed by atoms with Gasteiger partial charge in [-0.15, -0.1) is 0 Å². The molecule has 0 saturated heterocycles. The summed E-state index contributed by atoms with van der Waals surface area (Å²) < 4.78 is 0. The van der Waals surface area contributed by atoms with Crippen molar-refractivity contribution < 1.29 is 4.79 Å². The van der Waals surface area contributed by atoms with Gasteiger partial charge in [0.05, 0.1) is 0 Å². The number of amides is 1. The molecule has 1 aliphatic heterocycles. The summed E-state index contributed by atoms with van der Waals surface area (Å²) >= 11 is 0. The van der Waals surface area contributed by atoms with Gasteiger partial charge in [0.1, 0.15) is 0 Å². The number of carbonyl (C=O) groups excluding carboxylic acids is 1. The van der Waals surface area contributed by atoms with Crippen molar-refractivity contribution in [3.05, 3.63) is 71.3 Å². The molecule has 3 heteroatoms. The van der Waals surface area contributed by atoms with Gasteiger partial charge in [-0.3, -0.25) is 4.79 Å². The van der Waals surface area contributed by atoms with E-state index in [4.69, 9.17) is 0 Å². The largest absolute Gasteiger partial charge is 0.337 e. The van der Waals surface area contributed by atoms with Crippen molar-refractivity contribution in [1.29, 1.82) is 0 Å². The van der Waals surface area contributed by atoms with Crippen molar-refractivity contribution in [2.75, 3.05) is 20.1 Å². The first kappa shape index (κ1) is 14.8. The van der Waals surface area contributed by atoms with Gasteiger partial charge in [0.2, 0.25) is 5.91 Å². The smallest absolute Gasteiger partial charge is 0.224 e. The monoisotopic (exact) mass is 294 g/mol. The van der Waals surface area contributed by atoms with Gasteiger partial charge in [0.25, 0.3) is 0 Å². The minimum absolute atomic E-state index is 0.227. The van der Waals surface area contributed by atoms with E-state index in [2.05, 4.69) is 53.8 Å².